The van der Waals surface area contributed by atoms with Crippen LogP contribution in [0.25, 0.3) is 11.0 Å². The van der Waals surface area contributed by atoms with Crippen LogP contribution >= 0.6 is 0 Å². The number of rotatable bonds is 1. The van der Waals surface area contributed by atoms with Crippen molar-refractivity contribution in [3.63, 3.8) is 0 Å². The smallest absolute Gasteiger partial charge is 0.169 e. The normalized spacial score (nSPS) is 25.2. The molecule has 0 amide bonds. The van der Waals surface area contributed by atoms with Crippen molar-refractivity contribution >= 4 is 11.0 Å². The number of aliphatic hydroxyl groups excluding tert-OH is 1. The maximum atomic E-state index is 13.6. The molecule has 96 valence electrons. The minimum atomic E-state index is -0.365. The van der Waals surface area contributed by atoms with E-state index in [1.54, 1.807) is 6.07 Å². The number of hydrogen-bond acceptors (Lipinski definition) is 2. The van der Waals surface area contributed by atoms with Gasteiger partial charge in [0.05, 0.1) is 6.10 Å². The first-order valence-electron chi connectivity index (χ1n) is 6.62. The second kappa shape index (κ2) is 4.73. The molecule has 1 fully saturated rings. The van der Waals surface area contributed by atoms with Gasteiger partial charge in [0.15, 0.2) is 11.4 Å². The summed E-state index contributed by atoms with van der Waals surface area (Å²) in [6, 6.07) is 6.80. The summed E-state index contributed by atoms with van der Waals surface area (Å²) in [4.78, 5) is 0. The lowest BCUT2D eigenvalue weighted by Gasteiger charge is -2.17. The number of hydrogen-bond donors (Lipinski definition) is 1. The van der Waals surface area contributed by atoms with Crippen LogP contribution in [-0.4, -0.2) is 11.2 Å². The van der Waals surface area contributed by atoms with Crippen LogP contribution in [0.5, 0.6) is 0 Å². The largest absolute Gasteiger partial charge is 0.458 e. The second-order valence-corrected chi connectivity index (χ2v) is 5.12. The Hall–Kier alpha value is -1.35. The number of aliphatic hydroxyl groups is 1. The van der Waals surface area contributed by atoms with E-state index in [-0.39, 0.29) is 17.8 Å². The molecular formula is C15H17FO2. The molecule has 1 saturated carbocycles. The Morgan fingerprint density at radius 2 is 2.00 bits per heavy atom. The van der Waals surface area contributed by atoms with E-state index in [4.69, 9.17) is 4.42 Å². The fraction of sp³-hybridized carbons (Fsp3) is 0.467. The maximum Gasteiger partial charge on any atom is 0.169 e. The van der Waals surface area contributed by atoms with E-state index in [0.29, 0.717) is 5.58 Å². The summed E-state index contributed by atoms with van der Waals surface area (Å²) in [5, 5.41) is 10.9. The molecule has 0 bridgehead atoms. The predicted octanol–water partition coefficient (Wildman–Crippen LogP) is 3.98. The molecule has 3 heteroatoms. The van der Waals surface area contributed by atoms with Crippen LogP contribution in [0.1, 0.15) is 43.8 Å². The van der Waals surface area contributed by atoms with Crippen molar-refractivity contribution in [2.24, 2.45) is 0 Å². The molecule has 2 atom stereocenters. The monoisotopic (exact) mass is 248 g/mol. The van der Waals surface area contributed by atoms with E-state index in [1.165, 1.54) is 6.07 Å². The topological polar surface area (TPSA) is 33.4 Å². The van der Waals surface area contributed by atoms with Gasteiger partial charge in [-0.1, -0.05) is 31.4 Å². The summed E-state index contributed by atoms with van der Waals surface area (Å²) in [6.07, 6.45) is 4.68. The first-order valence-corrected chi connectivity index (χ1v) is 6.62. The van der Waals surface area contributed by atoms with Crippen molar-refractivity contribution in [3.8, 4) is 0 Å². The highest BCUT2D eigenvalue weighted by atomic mass is 19.1. The molecule has 0 spiro atoms. The van der Waals surface area contributed by atoms with Crippen LogP contribution in [0.2, 0.25) is 0 Å². The fourth-order valence-corrected chi connectivity index (χ4v) is 2.85. The Kier molecular flexibility index (Phi) is 3.08. The van der Waals surface area contributed by atoms with Crippen LogP contribution in [0.15, 0.2) is 28.7 Å². The third-order valence-corrected chi connectivity index (χ3v) is 3.86. The van der Waals surface area contributed by atoms with Crippen molar-refractivity contribution in [1.29, 1.82) is 0 Å². The minimum Gasteiger partial charge on any atom is -0.458 e. The quantitative estimate of drug-likeness (QED) is 0.774. The van der Waals surface area contributed by atoms with Gasteiger partial charge in [0.2, 0.25) is 0 Å². The van der Waals surface area contributed by atoms with E-state index in [1.807, 2.05) is 12.1 Å². The first kappa shape index (κ1) is 11.7. The van der Waals surface area contributed by atoms with Gasteiger partial charge in [0.1, 0.15) is 5.76 Å². The molecular weight excluding hydrogens is 231 g/mol. The van der Waals surface area contributed by atoms with Crippen LogP contribution in [0.4, 0.5) is 4.39 Å². The van der Waals surface area contributed by atoms with E-state index >= 15 is 0 Å². The Bertz CT molecular complexity index is 546. The lowest BCUT2D eigenvalue weighted by molar-refractivity contribution is 0.126. The van der Waals surface area contributed by atoms with Crippen LogP contribution in [-0.2, 0) is 0 Å². The van der Waals surface area contributed by atoms with Gasteiger partial charge in [-0.2, -0.15) is 0 Å². The van der Waals surface area contributed by atoms with Gasteiger partial charge in [-0.3, -0.25) is 0 Å². The summed E-state index contributed by atoms with van der Waals surface area (Å²) >= 11 is 0. The van der Waals surface area contributed by atoms with Gasteiger partial charge in [-0.25, -0.2) is 4.39 Å². The molecule has 1 aliphatic carbocycles. The van der Waals surface area contributed by atoms with Crippen LogP contribution in [0.3, 0.4) is 0 Å². The molecule has 18 heavy (non-hydrogen) atoms. The predicted molar refractivity (Wildman–Crippen MR) is 68.0 cm³/mol. The lowest BCUT2D eigenvalue weighted by Crippen LogP contribution is -2.16. The van der Waals surface area contributed by atoms with Crippen molar-refractivity contribution in [1.82, 2.24) is 0 Å². The highest BCUT2D eigenvalue weighted by molar-refractivity contribution is 5.78. The Labute approximate surface area is 105 Å². The summed E-state index contributed by atoms with van der Waals surface area (Å²) < 4.78 is 19.2. The molecule has 1 aromatic heterocycles. The molecule has 2 aromatic rings. The molecule has 2 unspecified atom stereocenters. The van der Waals surface area contributed by atoms with E-state index < -0.39 is 0 Å². The minimum absolute atomic E-state index is 0.0132. The average Bonchev–Trinajstić information content (AvgIpc) is 2.67. The molecule has 1 heterocycles. The van der Waals surface area contributed by atoms with Crippen molar-refractivity contribution in [2.75, 3.05) is 0 Å². The Morgan fingerprint density at radius 1 is 1.17 bits per heavy atom. The number of halogens is 1. The zero-order chi connectivity index (χ0) is 12.5. The van der Waals surface area contributed by atoms with Gasteiger partial charge in [-0.05, 0) is 25.0 Å². The number of furan rings is 1. The highest BCUT2D eigenvalue weighted by Gasteiger charge is 2.26. The zero-order valence-electron chi connectivity index (χ0n) is 10.2. The third-order valence-electron chi connectivity index (χ3n) is 3.86. The van der Waals surface area contributed by atoms with Crippen molar-refractivity contribution in [2.45, 2.75) is 44.1 Å². The molecule has 1 aromatic carbocycles. The molecule has 0 saturated heterocycles. The molecule has 1 aliphatic rings. The summed E-state index contributed by atoms with van der Waals surface area (Å²) in [5.74, 6) is 0.408. The Morgan fingerprint density at radius 3 is 2.83 bits per heavy atom. The fourth-order valence-electron chi connectivity index (χ4n) is 2.85. The molecule has 0 aliphatic heterocycles. The van der Waals surface area contributed by atoms with E-state index in [2.05, 4.69) is 0 Å². The van der Waals surface area contributed by atoms with Gasteiger partial charge in [-0.15, -0.1) is 0 Å². The Balaban J connectivity index is 2.00. The average molecular weight is 248 g/mol. The van der Waals surface area contributed by atoms with Crippen LogP contribution < -0.4 is 0 Å². The SMILES string of the molecule is OC1CCCCCC1c1cc2cccc(F)c2o1. The second-order valence-electron chi connectivity index (χ2n) is 5.12. The number of fused-ring (bicyclic) bond motifs is 1. The lowest BCUT2D eigenvalue weighted by atomic mass is 9.94. The zero-order valence-corrected chi connectivity index (χ0v) is 10.2. The van der Waals surface area contributed by atoms with Gasteiger partial charge in [0, 0.05) is 11.3 Å². The van der Waals surface area contributed by atoms with E-state index in [0.717, 1.165) is 43.3 Å². The maximum absolute atomic E-state index is 13.6. The summed E-state index contributed by atoms with van der Waals surface area (Å²) in [7, 11) is 0. The number of benzene rings is 1. The molecule has 3 rings (SSSR count). The standard InChI is InChI=1S/C15H17FO2/c16-12-7-4-5-10-9-14(18-15(10)12)11-6-2-1-3-8-13(11)17/h4-5,7,9,11,13,17H,1-3,6,8H2. The van der Waals surface area contributed by atoms with Crippen molar-refractivity contribution < 1.29 is 13.9 Å². The summed E-state index contributed by atoms with van der Waals surface area (Å²) in [6.45, 7) is 0. The molecule has 0 radical (unpaired) electrons. The van der Waals surface area contributed by atoms with Gasteiger partial charge in [0.25, 0.3) is 0 Å². The van der Waals surface area contributed by atoms with Crippen LogP contribution in [0, 0.1) is 5.82 Å². The molecule has 2 nitrogen and oxygen atoms in total. The van der Waals surface area contributed by atoms with Crippen molar-refractivity contribution in [3.05, 3.63) is 35.8 Å². The van der Waals surface area contributed by atoms with Gasteiger partial charge >= 0.3 is 0 Å². The number of para-hydroxylation sites is 1. The first-order chi connectivity index (χ1) is 8.75. The van der Waals surface area contributed by atoms with E-state index in [9.17, 15) is 9.50 Å². The third kappa shape index (κ3) is 2.03. The highest BCUT2D eigenvalue weighted by Crippen LogP contribution is 2.35. The summed E-state index contributed by atoms with van der Waals surface area (Å²) in [5.41, 5.74) is 0.309. The van der Waals surface area contributed by atoms with Gasteiger partial charge < -0.3 is 9.52 Å². The molecule has 1 N–H and O–H groups in total.